The zero-order valence-electron chi connectivity index (χ0n) is 15.3. The Morgan fingerprint density at radius 3 is 2.89 bits per heavy atom. The number of hydrogen-bond acceptors (Lipinski definition) is 5. The van der Waals surface area contributed by atoms with Gasteiger partial charge in [-0.2, -0.15) is 0 Å². The normalized spacial score (nSPS) is 13.9. The Bertz CT molecular complexity index is 1120. The van der Waals surface area contributed by atoms with Gasteiger partial charge in [0.2, 0.25) is 0 Å². The van der Waals surface area contributed by atoms with E-state index in [2.05, 4.69) is 41.8 Å². The first-order valence-electron chi connectivity index (χ1n) is 8.89. The number of H-pyrrole nitrogens is 2. The second-order valence-electron chi connectivity index (χ2n) is 6.72. The minimum Gasteiger partial charge on any atom is -0.496 e. The van der Waals surface area contributed by atoms with E-state index in [9.17, 15) is 4.79 Å². The molecule has 0 saturated heterocycles. The highest BCUT2D eigenvalue weighted by atomic mass is 79.9. The van der Waals surface area contributed by atoms with Gasteiger partial charge in [-0.15, -0.1) is 0 Å². The van der Waals surface area contributed by atoms with Crippen molar-refractivity contribution in [3.8, 4) is 17.0 Å². The molecule has 3 heterocycles. The van der Waals surface area contributed by atoms with E-state index in [0.29, 0.717) is 11.3 Å². The van der Waals surface area contributed by atoms with Crippen molar-refractivity contribution < 1.29 is 4.74 Å². The molecule has 0 fully saturated rings. The number of benzene rings is 1. The maximum absolute atomic E-state index is 12.2. The van der Waals surface area contributed by atoms with Crippen LogP contribution in [0.25, 0.3) is 11.3 Å². The largest absolute Gasteiger partial charge is 0.496 e. The molecule has 8 heteroatoms. The lowest BCUT2D eigenvalue weighted by Gasteiger charge is -2.27. The van der Waals surface area contributed by atoms with Crippen molar-refractivity contribution in [2.24, 2.45) is 0 Å². The van der Waals surface area contributed by atoms with Crippen LogP contribution < -0.4 is 10.3 Å². The predicted molar refractivity (Wildman–Crippen MR) is 114 cm³/mol. The number of fused-ring (bicyclic) bond motifs is 1. The maximum Gasteiger partial charge on any atom is 0.256 e. The van der Waals surface area contributed by atoms with Gasteiger partial charge in [0, 0.05) is 48.0 Å². The summed E-state index contributed by atoms with van der Waals surface area (Å²) in [7, 11) is 1.66. The smallest absolute Gasteiger partial charge is 0.256 e. The lowest BCUT2D eigenvalue weighted by atomic mass is 10.1. The van der Waals surface area contributed by atoms with Crippen LogP contribution in [0.15, 0.2) is 45.8 Å². The fourth-order valence-corrected chi connectivity index (χ4v) is 4.04. The predicted octanol–water partition coefficient (Wildman–Crippen LogP) is 3.82. The average Bonchev–Trinajstić information content (AvgIpc) is 2.69. The summed E-state index contributed by atoms with van der Waals surface area (Å²) in [6, 6.07) is 9.93. The second kappa shape index (κ2) is 7.98. The number of aromatic nitrogens is 3. The van der Waals surface area contributed by atoms with Crippen LogP contribution in [0.4, 0.5) is 0 Å². The summed E-state index contributed by atoms with van der Waals surface area (Å²) in [6.45, 7) is 2.19. The van der Waals surface area contributed by atoms with E-state index in [1.165, 1.54) is 0 Å². The van der Waals surface area contributed by atoms with Crippen LogP contribution in [0.5, 0.6) is 5.75 Å². The van der Waals surface area contributed by atoms with Crippen molar-refractivity contribution in [3.05, 3.63) is 72.9 Å². The number of halogens is 1. The number of rotatable bonds is 4. The van der Waals surface area contributed by atoms with Gasteiger partial charge in [0.25, 0.3) is 5.56 Å². The van der Waals surface area contributed by atoms with Crippen molar-refractivity contribution in [3.63, 3.8) is 0 Å². The Morgan fingerprint density at radius 2 is 2.14 bits per heavy atom. The summed E-state index contributed by atoms with van der Waals surface area (Å²) in [5.41, 5.74) is 4.51. The summed E-state index contributed by atoms with van der Waals surface area (Å²) in [4.78, 5) is 24.8. The molecule has 0 saturated carbocycles. The van der Waals surface area contributed by atoms with Gasteiger partial charge in [0.1, 0.15) is 5.75 Å². The lowest BCUT2D eigenvalue weighted by Crippen LogP contribution is -2.35. The zero-order valence-corrected chi connectivity index (χ0v) is 17.7. The van der Waals surface area contributed by atoms with Gasteiger partial charge in [-0.3, -0.25) is 19.7 Å². The van der Waals surface area contributed by atoms with Gasteiger partial charge in [0.15, 0.2) is 4.77 Å². The van der Waals surface area contributed by atoms with Gasteiger partial charge < -0.3 is 9.72 Å². The quantitative estimate of drug-likeness (QED) is 0.581. The number of hydrogen-bond donors (Lipinski definition) is 2. The Balaban J connectivity index is 1.52. The van der Waals surface area contributed by atoms with E-state index >= 15 is 0 Å². The molecule has 0 radical (unpaired) electrons. The standard InChI is InChI=1S/C20H19BrN4O2S/c1-27-18-5-3-13(21)8-14(18)16-4-2-12(9-22-16)10-25-7-6-17-15(11-25)19(26)24-20(28)23-17/h2-5,8-9H,6-7,10-11H2,1H3,(H2,23,24,26,28). The molecule has 0 unspecified atom stereocenters. The molecule has 3 aromatic rings. The summed E-state index contributed by atoms with van der Waals surface area (Å²) in [5, 5.41) is 0. The van der Waals surface area contributed by atoms with Gasteiger partial charge in [-0.25, -0.2) is 0 Å². The topological polar surface area (TPSA) is 74.0 Å². The Hall–Kier alpha value is -2.29. The third-order valence-corrected chi connectivity index (χ3v) is 5.56. The van der Waals surface area contributed by atoms with Crippen molar-refractivity contribution in [1.29, 1.82) is 0 Å². The molecule has 28 heavy (non-hydrogen) atoms. The third kappa shape index (κ3) is 3.94. The van der Waals surface area contributed by atoms with Crippen LogP contribution in [0, 0.1) is 4.77 Å². The molecule has 0 amide bonds. The molecule has 2 N–H and O–H groups in total. The fraction of sp³-hybridized carbons (Fsp3) is 0.250. The van der Waals surface area contributed by atoms with Gasteiger partial charge >= 0.3 is 0 Å². The molecule has 2 aromatic heterocycles. The molecule has 6 nitrogen and oxygen atoms in total. The van der Waals surface area contributed by atoms with E-state index in [4.69, 9.17) is 17.0 Å². The Labute approximate surface area is 175 Å². The summed E-state index contributed by atoms with van der Waals surface area (Å²) >= 11 is 8.55. The average molecular weight is 459 g/mol. The highest BCUT2D eigenvalue weighted by Crippen LogP contribution is 2.31. The van der Waals surface area contributed by atoms with Gasteiger partial charge in [0.05, 0.1) is 18.4 Å². The summed E-state index contributed by atoms with van der Waals surface area (Å²) in [5.74, 6) is 0.785. The number of nitrogens with one attached hydrogen (secondary N) is 2. The molecular formula is C20H19BrN4O2S. The van der Waals surface area contributed by atoms with E-state index in [-0.39, 0.29) is 5.56 Å². The number of ether oxygens (including phenoxy) is 1. The van der Waals surface area contributed by atoms with Crippen molar-refractivity contribution in [2.75, 3.05) is 13.7 Å². The van der Waals surface area contributed by atoms with Crippen LogP contribution in [0.3, 0.4) is 0 Å². The first-order valence-corrected chi connectivity index (χ1v) is 10.1. The SMILES string of the molecule is COc1ccc(Br)cc1-c1ccc(CN2CCc3[nH]c(=S)[nH]c(=O)c3C2)cn1. The molecular weight excluding hydrogens is 440 g/mol. The highest BCUT2D eigenvalue weighted by Gasteiger charge is 2.20. The van der Waals surface area contributed by atoms with Gasteiger partial charge in [-0.1, -0.05) is 22.0 Å². The number of aromatic amines is 2. The summed E-state index contributed by atoms with van der Waals surface area (Å²) < 4.78 is 6.81. The number of methoxy groups -OCH3 is 1. The van der Waals surface area contributed by atoms with Crippen LogP contribution in [0.1, 0.15) is 16.8 Å². The molecule has 0 bridgehead atoms. The highest BCUT2D eigenvalue weighted by molar-refractivity contribution is 9.10. The van der Waals surface area contributed by atoms with E-state index in [0.717, 1.165) is 57.8 Å². The van der Waals surface area contributed by atoms with Crippen molar-refractivity contribution >= 4 is 28.1 Å². The molecule has 1 aliphatic rings. The second-order valence-corrected chi connectivity index (χ2v) is 8.05. The maximum atomic E-state index is 12.2. The van der Waals surface area contributed by atoms with E-state index in [1.807, 2.05) is 30.5 Å². The molecule has 0 atom stereocenters. The van der Waals surface area contributed by atoms with Crippen LogP contribution in [-0.2, 0) is 19.5 Å². The third-order valence-electron chi connectivity index (χ3n) is 4.86. The number of pyridine rings is 1. The monoisotopic (exact) mass is 458 g/mol. The van der Waals surface area contributed by atoms with Crippen molar-refractivity contribution in [2.45, 2.75) is 19.5 Å². The zero-order chi connectivity index (χ0) is 19.7. The molecule has 0 aliphatic carbocycles. The van der Waals surface area contributed by atoms with E-state index in [1.54, 1.807) is 7.11 Å². The summed E-state index contributed by atoms with van der Waals surface area (Å²) in [6.07, 6.45) is 2.66. The van der Waals surface area contributed by atoms with Crippen molar-refractivity contribution in [1.82, 2.24) is 19.9 Å². The molecule has 1 aromatic carbocycles. The lowest BCUT2D eigenvalue weighted by molar-refractivity contribution is 0.241. The van der Waals surface area contributed by atoms with Gasteiger partial charge in [-0.05, 0) is 42.0 Å². The minimum absolute atomic E-state index is 0.0985. The number of nitrogens with zero attached hydrogens (tertiary/aromatic N) is 2. The first kappa shape index (κ1) is 19.0. The molecule has 144 valence electrons. The molecule has 1 aliphatic heterocycles. The van der Waals surface area contributed by atoms with Crippen LogP contribution >= 0.6 is 28.1 Å². The van der Waals surface area contributed by atoms with E-state index < -0.39 is 0 Å². The Kier molecular flexibility index (Phi) is 5.43. The molecule has 0 spiro atoms. The minimum atomic E-state index is -0.0985. The fourth-order valence-electron chi connectivity index (χ4n) is 3.46. The Morgan fingerprint density at radius 1 is 1.29 bits per heavy atom. The van der Waals surface area contributed by atoms with Crippen LogP contribution in [-0.4, -0.2) is 33.5 Å². The molecule has 4 rings (SSSR count). The first-order chi connectivity index (χ1) is 13.5. The van der Waals surface area contributed by atoms with Crippen LogP contribution in [0.2, 0.25) is 0 Å².